The highest BCUT2D eigenvalue weighted by Gasteiger charge is 2.27. The van der Waals surface area contributed by atoms with Crippen molar-refractivity contribution in [3.05, 3.63) is 0 Å². The SMILES string of the molecule is CNC1CC(OCCO)C1. The molecule has 0 aromatic heterocycles. The van der Waals surface area contributed by atoms with Gasteiger partial charge in [0.1, 0.15) is 0 Å². The Balaban J connectivity index is 1.93. The maximum atomic E-state index is 8.42. The molecule has 0 radical (unpaired) electrons. The Kier molecular flexibility index (Phi) is 3.12. The van der Waals surface area contributed by atoms with Crippen LogP contribution >= 0.6 is 0 Å². The Morgan fingerprint density at radius 1 is 1.60 bits per heavy atom. The summed E-state index contributed by atoms with van der Waals surface area (Å²) in [7, 11) is 1.97. The van der Waals surface area contributed by atoms with Crippen molar-refractivity contribution in [1.82, 2.24) is 5.32 Å². The number of aliphatic hydroxyl groups excluding tert-OH is 1. The van der Waals surface area contributed by atoms with Gasteiger partial charge in [0.2, 0.25) is 0 Å². The Bertz CT molecular complexity index is 88.9. The lowest BCUT2D eigenvalue weighted by Crippen LogP contribution is -2.44. The second kappa shape index (κ2) is 3.91. The molecule has 2 N–H and O–H groups in total. The van der Waals surface area contributed by atoms with Crippen molar-refractivity contribution in [2.75, 3.05) is 20.3 Å². The molecule has 1 saturated carbocycles. The van der Waals surface area contributed by atoms with Gasteiger partial charge in [-0.2, -0.15) is 0 Å². The van der Waals surface area contributed by atoms with Crippen LogP contribution in [0.2, 0.25) is 0 Å². The lowest BCUT2D eigenvalue weighted by atomic mass is 9.89. The maximum Gasteiger partial charge on any atom is 0.0701 e. The lowest BCUT2D eigenvalue weighted by Gasteiger charge is -2.34. The van der Waals surface area contributed by atoms with E-state index in [1.165, 1.54) is 0 Å². The summed E-state index contributed by atoms with van der Waals surface area (Å²) in [5.74, 6) is 0. The molecule has 0 aromatic carbocycles. The van der Waals surface area contributed by atoms with E-state index in [4.69, 9.17) is 9.84 Å². The van der Waals surface area contributed by atoms with Gasteiger partial charge in [-0.25, -0.2) is 0 Å². The minimum Gasteiger partial charge on any atom is -0.394 e. The summed E-state index contributed by atoms with van der Waals surface area (Å²) in [5.41, 5.74) is 0. The van der Waals surface area contributed by atoms with Crippen molar-refractivity contribution in [2.45, 2.75) is 25.0 Å². The van der Waals surface area contributed by atoms with Crippen LogP contribution in [0.25, 0.3) is 0 Å². The van der Waals surface area contributed by atoms with Gasteiger partial charge in [-0.3, -0.25) is 0 Å². The van der Waals surface area contributed by atoms with Crippen molar-refractivity contribution in [1.29, 1.82) is 0 Å². The smallest absolute Gasteiger partial charge is 0.0701 e. The predicted molar refractivity (Wildman–Crippen MR) is 38.9 cm³/mol. The largest absolute Gasteiger partial charge is 0.394 e. The molecule has 0 atom stereocenters. The van der Waals surface area contributed by atoms with Crippen LogP contribution in [-0.4, -0.2) is 37.5 Å². The van der Waals surface area contributed by atoms with Gasteiger partial charge >= 0.3 is 0 Å². The zero-order valence-electron chi connectivity index (χ0n) is 6.34. The van der Waals surface area contributed by atoms with E-state index in [0.717, 1.165) is 12.8 Å². The molecular formula is C7H15NO2. The summed E-state index contributed by atoms with van der Waals surface area (Å²) in [6, 6.07) is 0.642. The van der Waals surface area contributed by atoms with Gasteiger partial charge in [0.15, 0.2) is 0 Å². The molecule has 1 aliphatic carbocycles. The van der Waals surface area contributed by atoms with Crippen LogP contribution in [0.15, 0.2) is 0 Å². The molecule has 0 aromatic rings. The van der Waals surface area contributed by atoms with Gasteiger partial charge in [-0.1, -0.05) is 0 Å². The first-order chi connectivity index (χ1) is 4.86. The third kappa shape index (κ3) is 1.94. The average molecular weight is 145 g/mol. The molecule has 0 saturated heterocycles. The van der Waals surface area contributed by atoms with Crippen molar-refractivity contribution in [3.8, 4) is 0 Å². The highest BCUT2D eigenvalue weighted by molar-refractivity contribution is 4.84. The molecule has 1 fully saturated rings. The fourth-order valence-corrected chi connectivity index (χ4v) is 1.16. The van der Waals surface area contributed by atoms with Crippen molar-refractivity contribution < 1.29 is 9.84 Å². The van der Waals surface area contributed by atoms with Gasteiger partial charge in [0.05, 0.1) is 19.3 Å². The van der Waals surface area contributed by atoms with Gasteiger partial charge < -0.3 is 15.2 Å². The first kappa shape index (κ1) is 7.98. The average Bonchev–Trinajstić information content (AvgIpc) is 1.86. The first-order valence-electron chi connectivity index (χ1n) is 3.76. The molecule has 0 amide bonds. The quantitative estimate of drug-likeness (QED) is 0.573. The summed E-state index contributed by atoms with van der Waals surface area (Å²) in [6.07, 6.45) is 2.58. The number of nitrogens with one attached hydrogen (secondary N) is 1. The molecule has 3 nitrogen and oxygen atoms in total. The number of hydrogen-bond acceptors (Lipinski definition) is 3. The van der Waals surface area contributed by atoms with E-state index in [1.807, 2.05) is 7.05 Å². The molecule has 0 heterocycles. The Morgan fingerprint density at radius 3 is 2.80 bits per heavy atom. The van der Waals surface area contributed by atoms with E-state index in [1.54, 1.807) is 0 Å². The van der Waals surface area contributed by atoms with E-state index in [-0.39, 0.29) is 6.61 Å². The summed E-state index contributed by atoms with van der Waals surface area (Å²) < 4.78 is 5.27. The number of rotatable bonds is 4. The lowest BCUT2D eigenvalue weighted by molar-refractivity contribution is -0.0285. The van der Waals surface area contributed by atoms with Crippen LogP contribution in [0, 0.1) is 0 Å². The van der Waals surface area contributed by atoms with E-state index < -0.39 is 0 Å². The van der Waals surface area contributed by atoms with E-state index in [0.29, 0.717) is 18.8 Å². The molecule has 0 aliphatic heterocycles. The summed E-state index contributed by atoms with van der Waals surface area (Å²) in [4.78, 5) is 0. The predicted octanol–water partition coefficient (Wildman–Crippen LogP) is -0.254. The molecular weight excluding hydrogens is 130 g/mol. The monoisotopic (exact) mass is 145 g/mol. The second-order valence-corrected chi connectivity index (χ2v) is 2.67. The maximum absolute atomic E-state index is 8.42. The van der Waals surface area contributed by atoms with Crippen LogP contribution in [-0.2, 0) is 4.74 Å². The van der Waals surface area contributed by atoms with Crippen LogP contribution in [0.5, 0.6) is 0 Å². The molecule has 10 heavy (non-hydrogen) atoms. The van der Waals surface area contributed by atoms with E-state index >= 15 is 0 Å². The Hall–Kier alpha value is -0.120. The van der Waals surface area contributed by atoms with Gasteiger partial charge in [0, 0.05) is 6.04 Å². The summed E-state index contributed by atoms with van der Waals surface area (Å²) in [5, 5.41) is 11.6. The number of hydrogen-bond donors (Lipinski definition) is 2. The molecule has 0 bridgehead atoms. The van der Waals surface area contributed by atoms with Crippen molar-refractivity contribution >= 4 is 0 Å². The van der Waals surface area contributed by atoms with Gasteiger partial charge in [0.25, 0.3) is 0 Å². The highest BCUT2D eigenvalue weighted by atomic mass is 16.5. The second-order valence-electron chi connectivity index (χ2n) is 2.67. The zero-order chi connectivity index (χ0) is 7.40. The first-order valence-corrected chi connectivity index (χ1v) is 3.76. The Labute approximate surface area is 61.4 Å². The van der Waals surface area contributed by atoms with Crippen LogP contribution in [0.4, 0.5) is 0 Å². The molecule has 60 valence electrons. The fourth-order valence-electron chi connectivity index (χ4n) is 1.16. The summed E-state index contributed by atoms with van der Waals surface area (Å²) >= 11 is 0. The molecule has 3 heteroatoms. The van der Waals surface area contributed by atoms with Crippen LogP contribution in [0.1, 0.15) is 12.8 Å². The summed E-state index contributed by atoms with van der Waals surface area (Å²) in [6.45, 7) is 0.627. The standard InChI is InChI=1S/C7H15NO2/c1-8-6-4-7(5-6)10-3-2-9/h6-9H,2-5H2,1H3. The van der Waals surface area contributed by atoms with Crippen LogP contribution in [0.3, 0.4) is 0 Å². The molecule has 1 rings (SSSR count). The minimum atomic E-state index is 0.140. The highest BCUT2D eigenvalue weighted by Crippen LogP contribution is 2.22. The number of aliphatic hydroxyl groups is 1. The topological polar surface area (TPSA) is 41.5 Å². The number of ether oxygens (including phenoxy) is 1. The molecule has 0 unspecified atom stereocenters. The zero-order valence-corrected chi connectivity index (χ0v) is 6.34. The van der Waals surface area contributed by atoms with Gasteiger partial charge in [-0.15, -0.1) is 0 Å². The Morgan fingerprint density at radius 2 is 2.30 bits per heavy atom. The van der Waals surface area contributed by atoms with E-state index in [9.17, 15) is 0 Å². The van der Waals surface area contributed by atoms with E-state index in [2.05, 4.69) is 5.32 Å². The molecule has 0 spiro atoms. The fraction of sp³-hybridized carbons (Fsp3) is 1.00. The minimum absolute atomic E-state index is 0.140. The van der Waals surface area contributed by atoms with Crippen molar-refractivity contribution in [2.24, 2.45) is 0 Å². The molecule has 1 aliphatic rings. The van der Waals surface area contributed by atoms with Gasteiger partial charge in [-0.05, 0) is 19.9 Å². The third-order valence-corrected chi connectivity index (χ3v) is 1.95. The van der Waals surface area contributed by atoms with Crippen molar-refractivity contribution in [3.63, 3.8) is 0 Å². The van der Waals surface area contributed by atoms with Crippen LogP contribution < -0.4 is 5.32 Å². The third-order valence-electron chi connectivity index (χ3n) is 1.95. The normalized spacial score (nSPS) is 31.8.